The number of amides is 1. The number of hydrogen-bond donors (Lipinski definition) is 2. The predicted octanol–water partition coefficient (Wildman–Crippen LogP) is 1.19. The van der Waals surface area contributed by atoms with Gasteiger partial charge in [0.2, 0.25) is 0 Å². The van der Waals surface area contributed by atoms with Crippen LogP contribution in [0.5, 0.6) is 0 Å². The highest BCUT2D eigenvalue weighted by molar-refractivity contribution is 5.85. The molecule has 2 N–H and O–H groups in total. The third kappa shape index (κ3) is 4.33. The number of carboxylic acids is 1. The average Bonchev–Trinajstić information content (AvgIpc) is 2.34. The first-order chi connectivity index (χ1) is 8.13. The van der Waals surface area contributed by atoms with Crippen molar-refractivity contribution in [3.05, 3.63) is 42.2 Å². The number of carbonyl (C=O) groups excluding carboxylic acids is 1. The monoisotopic (exact) mass is 236 g/mol. The van der Waals surface area contributed by atoms with Gasteiger partial charge in [-0.3, -0.25) is 0 Å². The second kappa shape index (κ2) is 6.26. The largest absolute Gasteiger partial charge is 0.477 e. The number of rotatable bonds is 5. The van der Waals surface area contributed by atoms with Crippen LogP contribution in [0.15, 0.2) is 31.0 Å². The lowest BCUT2D eigenvalue weighted by Crippen LogP contribution is -2.24. The first-order valence-electron chi connectivity index (χ1n) is 4.83. The summed E-state index contributed by atoms with van der Waals surface area (Å²) in [6.07, 6.45) is 2.24. The molecule has 17 heavy (non-hydrogen) atoms. The quantitative estimate of drug-likeness (QED) is 0.750. The van der Waals surface area contributed by atoms with Gasteiger partial charge in [-0.25, -0.2) is 14.6 Å². The number of ether oxygens (including phenoxy) is 1. The number of aromatic nitrogens is 1. The molecule has 0 bridgehead atoms. The molecular weight excluding hydrogens is 224 g/mol. The molecule has 0 fully saturated rings. The molecule has 0 aliphatic heterocycles. The minimum atomic E-state index is -1.11. The zero-order chi connectivity index (χ0) is 12.7. The van der Waals surface area contributed by atoms with Gasteiger partial charge in [-0.05, 0) is 17.7 Å². The maximum absolute atomic E-state index is 11.1. The van der Waals surface area contributed by atoms with E-state index in [0.717, 1.165) is 0 Å². The normalized spacial score (nSPS) is 9.41. The minimum Gasteiger partial charge on any atom is -0.477 e. The van der Waals surface area contributed by atoms with Crippen LogP contribution >= 0.6 is 0 Å². The summed E-state index contributed by atoms with van der Waals surface area (Å²) in [4.78, 5) is 25.4. The fraction of sp³-hybridized carbons (Fsp3) is 0.182. The van der Waals surface area contributed by atoms with Crippen LogP contribution in [0.25, 0.3) is 0 Å². The van der Waals surface area contributed by atoms with Gasteiger partial charge in [0, 0.05) is 12.7 Å². The Morgan fingerprint density at radius 1 is 1.59 bits per heavy atom. The third-order valence-corrected chi connectivity index (χ3v) is 1.81. The molecule has 0 atom stereocenters. The number of aromatic carboxylic acids is 1. The van der Waals surface area contributed by atoms with Crippen LogP contribution in [0.1, 0.15) is 16.1 Å². The van der Waals surface area contributed by atoms with Gasteiger partial charge in [-0.2, -0.15) is 0 Å². The summed E-state index contributed by atoms with van der Waals surface area (Å²) in [7, 11) is 0. The SMILES string of the molecule is C=CCOC(=O)NCc1ccnc(C(=O)O)c1. The molecule has 90 valence electrons. The summed E-state index contributed by atoms with van der Waals surface area (Å²) in [5.41, 5.74) is 0.566. The lowest BCUT2D eigenvalue weighted by Gasteiger charge is -2.05. The average molecular weight is 236 g/mol. The molecule has 1 rings (SSSR count). The fourth-order valence-electron chi connectivity index (χ4n) is 1.06. The molecule has 0 aliphatic rings. The van der Waals surface area contributed by atoms with Crippen LogP contribution in [-0.2, 0) is 11.3 Å². The van der Waals surface area contributed by atoms with E-state index < -0.39 is 12.1 Å². The lowest BCUT2D eigenvalue weighted by atomic mass is 10.2. The molecule has 0 unspecified atom stereocenters. The molecule has 1 heterocycles. The van der Waals surface area contributed by atoms with Gasteiger partial charge in [-0.1, -0.05) is 12.7 Å². The summed E-state index contributed by atoms with van der Waals surface area (Å²) < 4.78 is 4.69. The molecule has 1 amide bonds. The van der Waals surface area contributed by atoms with E-state index in [1.807, 2.05) is 0 Å². The van der Waals surface area contributed by atoms with E-state index in [9.17, 15) is 9.59 Å². The Labute approximate surface area is 97.9 Å². The van der Waals surface area contributed by atoms with E-state index in [1.165, 1.54) is 18.3 Å². The summed E-state index contributed by atoms with van der Waals surface area (Å²) in [6, 6.07) is 3.00. The van der Waals surface area contributed by atoms with Gasteiger partial charge in [0.25, 0.3) is 0 Å². The van der Waals surface area contributed by atoms with Crippen molar-refractivity contribution in [3.8, 4) is 0 Å². The first-order valence-corrected chi connectivity index (χ1v) is 4.83. The topological polar surface area (TPSA) is 88.5 Å². The number of alkyl carbamates (subject to hydrolysis) is 1. The van der Waals surface area contributed by atoms with Crippen molar-refractivity contribution in [2.45, 2.75) is 6.54 Å². The second-order valence-electron chi connectivity index (χ2n) is 3.10. The van der Waals surface area contributed by atoms with Gasteiger partial charge >= 0.3 is 12.1 Å². The number of carbonyl (C=O) groups is 2. The van der Waals surface area contributed by atoms with E-state index in [4.69, 9.17) is 9.84 Å². The van der Waals surface area contributed by atoms with Crippen LogP contribution in [0.3, 0.4) is 0 Å². The zero-order valence-electron chi connectivity index (χ0n) is 9.05. The van der Waals surface area contributed by atoms with Gasteiger partial charge in [-0.15, -0.1) is 0 Å². The Morgan fingerprint density at radius 3 is 3.00 bits per heavy atom. The van der Waals surface area contributed by atoms with Crippen LogP contribution in [0.4, 0.5) is 4.79 Å². The molecule has 6 heteroatoms. The van der Waals surface area contributed by atoms with Gasteiger partial charge in [0.1, 0.15) is 12.3 Å². The highest BCUT2D eigenvalue weighted by Crippen LogP contribution is 2.01. The number of nitrogens with one attached hydrogen (secondary N) is 1. The van der Waals surface area contributed by atoms with Crippen molar-refractivity contribution in [2.75, 3.05) is 6.61 Å². The van der Waals surface area contributed by atoms with Crippen molar-refractivity contribution >= 4 is 12.1 Å². The molecule has 1 aromatic heterocycles. The summed E-state index contributed by atoms with van der Waals surface area (Å²) in [5.74, 6) is -1.11. The molecule has 0 radical (unpaired) electrons. The minimum absolute atomic E-state index is 0.0660. The molecule has 0 aliphatic carbocycles. The summed E-state index contributed by atoms with van der Waals surface area (Å²) >= 11 is 0. The Hall–Kier alpha value is -2.37. The molecule has 0 spiro atoms. The zero-order valence-corrected chi connectivity index (χ0v) is 9.05. The number of nitrogens with zero attached hydrogens (tertiary/aromatic N) is 1. The molecule has 6 nitrogen and oxygen atoms in total. The maximum atomic E-state index is 11.1. The standard InChI is InChI=1S/C11H12N2O4/c1-2-5-17-11(16)13-7-8-3-4-12-9(6-8)10(14)15/h2-4,6H,1,5,7H2,(H,13,16)(H,14,15). The van der Waals surface area contributed by atoms with Crippen LogP contribution in [0, 0.1) is 0 Å². The predicted molar refractivity (Wildman–Crippen MR) is 59.6 cm³/mol. The van der Waals surface area contributed by atoms with Crippen LogP contribution in [-0.4, -0.2) is 28.8 Å². The summed E-state index contributed by atoms with van der Waals surface area (Å²) in [6.45, 7) is 3.71. The van der Waals surface area contributed by atoms with Gasteiger partial charge in [0.15, 0.2) is 0 Å². The lowest BCUT2D eigenvalue weighted by molar-refractivity contribution is 0.0690. The second-order valence-corrected chi connectivity index (χ2v) is 3.10. The van der Waals surface area contributed by atoms with E-state index in [2.05, 4.69) is 16.9 Å². The Bertz CT molecular complexity index is 431. The van der Waals surface area contributed by atoms with E-state index >= 15 is 0 Å². The molecule has 0 aromatic carbocycles. The highest BCUT2D eigenvalue weighted by Gasteiger charge is 2.06. The first kappa shape index (κ1) is 12.7. The Morgan fingerprint density at radius 2 is 2.35 bits per heavy atom. The fourth-order valence-corrected chi connectivity index (χ4v) is 1.06. The van der Waals surface area contributed by atoms with E-state index in [-0.39, 0.29) is 18.8 Å². The van der Waals surface area contributed by atoms with Crippen LogP contribution < -0.4 is 5.32 Å². The molecular formula is C11H12N2O4. The van der Waals surface area contributed by atoms with E-state index in [0.29, 0.717) is 5.56 Å². The van der Waals surface area contributed by atoms with Crippen molar-refractivity contribution in [3.63, 3.8) is 0 Å². The van der Waals surface area contributed by atoms with Gasteiger partial charge < -0.3 is 15.2 Å². The van der Waals surface area contributed by atoms with Crippen LogP contribution in [0.2, 0.25) is 0 Å². The van der Waals surface area contributed by atoms with Crippen molar-refractivity contribution < 1.29 is 19.4 Å². The highest BCUT2D eigenvalue weighted by atomic mass is 16.5. The van der Waals surface area contributed by atoms with Crippen molar-refractivity contribution in [1.82, 2.24) is 10.3 Å². The maximum Gasteiger partial charge on any atom is 0.407 e. The van der Waals surface area contributed by atoms with Crippen molar-refractivity contribution in [2.24, 2.45) is 0 Å². The number of pyridine rings is 1. The molecule has 0 saturated heterocycles. The van der Waals surface area contributed by atoms with Gasteiger partial charge in [0.05, 0.1) is 0 Å². The third-order valence-electron chi connectivity index (χ3n) is 1.81. The number of carboxylic acid groups (broad SMARTS) is 1. The smallest absolute Gasteiger partial charge is 0.407 e. The van der Waals surface area contributed by atoms with E-state index in [1.54, 1.807) is 6.07 Å². The Balaban J connectivity index is 2.51. The number of hydrogen-bond acceptors (Lipinski definition) is 4. The Kier molecular flexibility index (Phi) is 4.68. The van der Waals surface area contributed by atoms with Crippen molar-refractivity contribution in [1.29, 1.82) is 0 Å². The molecule has 0 saturated carbocycles. The molecule has 1 aromatic rings. The summed E-state index contributed by atoms with van der Waals surface area (Å²) in [5, 5.41) is 11.2.